The summed E-state index contributed by atoms with van der Waals surface area (Å²) in [5, 5.41) is 3.62. The highest BCUT2D eigenvalue weighted by Gasteiger charge is 2.39. The lowest BCUT2D eigenvalue weighted by atomic mass is 9.79. The molecule has 5 rings (SSSR count). The van der Waals surface area contributed by atoms with Crippen LogP contribution in [0.15, 0.2) is 36.5 Å². The maximum atomic E-state index is 13.4. The highest BCUT2D eigenvalue weighted by Crippen LogP contribution is 2.34. The molecule has 1 aromatic carbocycles. The molecule has 3 aliphatic heterocycles. The van der Waals surface area contributed by atoms with Crippen LogP contribution in [-0.2, 0) is 0 Å². The van der Waals surface area contributed by atoms with Crippen LogP contribution in [-0.4, -0.2) is 35.1 Å². The Bertz CT molecular complexity index is 722. The van der Waals surface area contributed by atoms with Gasteiger partial charge in [-0.25, -0.2) is 8.78 Å². The van der Waals surface area contributed by atoms with Crippen molar-refractivity contribution in [1.29, 1.82) is 0 Å². The Morgan fingerprint density at radius 2 is 1.88 bits per heavy atom. The third-order valence-corrected chi connectivity index (χ3v) is 5.49. The fourth-order valence-corrected chi connectivity index (χ4v) is 4.04. The number of fused-ring (bicyclic) bond motifs is 3. The quantitative estimate of drug-likeness (QED) is 0.925. The van der Waals surface area contributed by atoms with Crippen LogP contribution in [0.5, 0.6) is 0 Å². The van der Waals surface area contributed by atoms with Crippen molar-refractivity contribution in [3.05, 3.63) is 48.2 Å². The number of benzene rings is 1. The molecule has 5 heteroatoms. The first kappa shape index (κ1) is 15.5. The number of hydrogen-bond donors (Lipinski definition) is 1. The fraction of sp³-hybridized carbons (Fsp3) is 0.421. The molecule has 0 amide bonds. The van der Waals surface area contributed by atoms with E-state index in [1.165, 1.54) is 32.0 Å². The largest absolute Gasteiger partial charge is 0.379 e. The van der Waals surface area contributed by atoms with E-state index in [4.69, 9.17) is 0 Å². The van der Waals surface area contributed by atoms with Gasteiger partial charge in [0, 0.05) is 17.6 Å². The van der Waals surface area contributed by atoms with Crippen molar-refractivity contribution in [2.75, 3.05) is 18.4 Å². The minimum absolute atomic E-state index is 0.448. The zero-order valence-electron chi connectivity index (χ0n) is 13.7. The lowest BCUT2D eigenvalue weighted by Gasteiger charge is -2.50. The molecule has 3 aliphatic rings. The first-order valence-corrected chi connectivity index (χ1v) is 8.54. The van der Waals surface area contributed by atoms with Gasteiger partial charge in [0.25, 0.3) is 0 Å². The summed E-state index contributed by atoms with van der Waals surface area (Å²) in [4.78, 5) is 6.95. The van der Waals surface area contributed by atoms with Gasteiger partial charge in [-0.1, -0.05) is 0 Å². The van der Waals surface area contributed by atoms with Crippen molar-refractivity contribution in [3.8, 4) is 11.3 Å². The SMILES string of the molecule is C[C@@H]1[C@@H](Nc2ccc(-c3ccc(F)c(F)c3)nc2)C2CCN1CC2. The Morgan fingerprint density at radius 1 is 1.08 bits per heavy atom. The average Bonchev–Trinajstić information content (AvgIpc) is 2.61. The molecular weight excluding hydrogens is 308 g/mol. The third kappa shape index (κ3) is 2.77. The van der Waals surface area contributed by atoms with Gasteiger partial charge < -0.3 is 5.32 Å². The van der Waals surface area contributed by atoms with Crippen molar-refractivity contribution in [2.24, 2.45) is 5.92 Å². The maximum Gasteiger partial charge on any atom is 0.159 e. The minimum atomic E-state index is -0.849. The summed E-state index contributed by atoms with van der Waals surface area (Å²) in [6, 6.07) is 8.65. The van der Waals surface area contributed by atoms with Gasteiger partial charge >= 0.3 is 0 Å². The van der Waals surface area contributed by atoms with E-state index in [9.17, 15) is 8.78 Å². The van der Waals surface area contributed by atoms with E-state index in [1.807, 2.05) is 12.1 Å². The lowest BCUT2D eigenvalue weighted by molar-refractivity contribution is 0.0458. The molecule has 0 radical (unpaired) electrons. The molecule has 3 fully saturated rings. The normalized spacial score (nSPS) is 28.8. The number of pyridine rings is 1. The Kier molecular flexibility index (Phi) is 3.96. The topological polar surface area (TPSA) is 28.2 Å². The number of halogens is 2. The molecule has 4 heterocycles. The first-order chi connectivity index (χ1) is 11.6. The smallest absolute Gasteiger partial charge is 0.159 e. The molecule has 2 bridgehead atoms. The second-order valence-electron chi connectivity index (χ2n) is 6.85. The molecule has 0 unspecified atom stereocenters. The van der Waals surface area contributed by atoms with E-state index in [-0.39, 0.29) is 0 Å². The molecule has 2 aromatic rings. The van der Waals surface area contributed by atoms with Crippen molar-refractivity contribution in [1.82, 2.24) is 9.88 Å². The number of rotatable bonds is 3. The highest BCUT2D eigenvalue weighted by molar-refractivity contribution is 5.61. The summed E-state index contributed by atoms with van der Waals surface area (Å²) in [5.74, 6) is -0.971. The van der Waals surface area contributed by atoms with Crippen LogP contribution in [0.3, 0.4) is 0 Å². The van der Waals surface area contributed by atoms with Gasteiger partial charge in [-0.3, -0.25) is 9.88 Å². The van der Waals surface area contributed by atoms with Crippen molar-refractivity contribution in [2.45, 2.75) is 31.8 Å². The molecule has 0 saturated carbocycles. The molecule has 1 aromatic heterocycles. The number of aromatic nitrogens is 1. The van der Waals surface area contributed by atoms with E-state index in [1.54, 1.807) is 12.3 Å². The number of nitrogens with one attached hydrogen (secondary N) is 1. The summed E-state index contributed by atoms with van der Waals surface area (Å²) in [5.41, 5.74) is 2.20. The number of anilines is 1. The third-order valence-electron chi connectivity index (χ3n) is 5.49. The fourth-order valence-electron chi connectivity index (χ4n) is 4.04. The summed E-state index contributed by atoms with van der Waals surface area (Å²) >= 11 is 0. The minimum Gasteiger partial charge on any atom is -0.379 e. The molecule has 0 aliphatic carbocycles. The molecule has 3 nitrogen and oxygen atoms in total. The zero-order valence-corrected chi connectivity index (χ0v) is 13.7. The van der Waals surface area contributed by atoms with Gasteiger partial charge in [0.15, 0.2) is 11.6 Å². The van der Waals surface area contributed by atoms with Crippen LogP contribution in [0, 0.1) is 17.6 Å². The van der Waals surface area contributed by atoms with Gasteiger partial charge in [0.1, 0.15) is 0 Å². The number of piperidine rings is 3. The van der Waals surface area contributed by atoms with Crippen LogP contribution < -0.4 is 5.32 Å². The Morgan fingerprint density at radius 3 is 2.50 bits per heavy atom. The van der Waals surface area contributed by atoms with E-state index in [0.29, 0.717) is 23.3 Å². The van der Waals surface area contributed by atoms with Crippen LogP contribution >= 0.6 is 0 Å². The zero-order chi connectivity index (χ0) is 16.7. The number of hydrogen-bond acceptors (Lipinski definition) is 3. The van der Waals surface area contributed by atoms with Gasteiger partial charge in [-0.05, 0) is 69.1 Å². The Hall–Kier alpha value is -2.01. The predicted octanol–water partition coefficient (Wildman–Crippen LogP) is 3.92. The van der Waals surface area contributed by atoms with Crippen LogP contribution in [0.1, 0.15) is 19.8 Å². The average molecular weight is 329 g/mol. The summed E-state index contributed by atoms with van der Waals surface area (Å²) < 4.78 is 26.4. The van der Waals surface area contributed by atoms with Crippen LogP contribution in [0.2, 0.25) is 0 Å². The van der Waals surface area contributed by atoms with E-state index in [0.717, 1.165) is 17.7 Å². The molecule has 126 valence electrons. The predicted molar refractivity (Wildman–Crippen MR) is 90.8 cm³/mol. The van der Waals surface area contributed by atoms with Gasteiger partial charge in [-0.2, -0.15) is 0 Å². The van der Waals surface area contributed by atoms with Crippen molar-refractivity contribution < 1.29 is 8.78 Å². The van der Waals surface area contributed by atoms with Gasteiger partial charge in [0.2, 0.25) is 0 Å². The standard InChI is InChI=1S/C19H21F2N3/c1-12-19(13-6-8-24(12)9-7-13)23-15-3-5-18(22-11-15)14-2-4-16(20)17(21)10-14/h2-5,10-13,19,23H,6-9H2,1H3/t12-,19-/m1/s1. The molecule has 0 spiro atoms. The summed E-state index contributed by atoms with van der Waals surface area (Å²) in [7, 11) is 0. The van der Waals surface area contributed by atoms with E-state index >= 15 is 0 Å². The van der Waals surface area contributed by atoms with Crippen molar-refractivity contribution >= 4 is 5.69 Å². The van der Waals surface area contributed by atoms with Gasteiger partial charge in [-0.15, -0.1) is 0 Å². The van der Waals surface area contributed by atoms with E-state index < -0.39 is 11.6 Å². The Balaban J connectivity index is 1.50. The van der Waals surface area contributed by atoms with Crippen LogP contribution in [0.25, 0.3) is 11.3 Å². The second-order valence-corrected chi connectivity index (χ2v) is 6.85. The first-order valence-electron chi connectivity index (χ1n) is 8.54. The van der Waals surface area contributed by atoms with Crippen LogP contribution in [0.4, 0.5) is 14.5 Å². The molecule has 3 saturated heterocycles. The monoisotopic (exact) mass is 329 g/mol. The lowest BCUT2D eigenvalue weighted by Crippen LogP contribution is -2.59. The maximum absolute atomic E-state index is 13.4. The van der Waals surface area contributed by atoms with E-state index in [2.05, 4.69) is 22.1 Å². The molecule has 1 N–H and O–H groups in total. The Labute approximate surface area is 140 Å². The molecular formula is C19H21F2N3. The second kappa shape index (κ2) is 6.13. The highest BCUT2D eigenvalue weighted by atomic mass is 19.2. The van der Waals surface area contributed by atoms with Crippen molar-refractivity contribution in [3.63, 3.8) is 0 Å². The number of nitrogens with zero attached hydrogens (tertiary/aromatic N) is 2. The summed E-state index contributed by atoms with van der Waals surface area (Å²) in [6.45, 7) is 4.70. The summed E-state index contributed by atoms with van der Waals surface area (Å²) in [6.07, 6.45) is 4.28. The van der Waals surface area contributed by atoms with Gasteiger partial charge in [0.05, 0.1) is 17.6 Å². The molecule has 24 heavy (non-hydrogen) atoms. The molecule has 2 atom stereocenters.